The lowest BCUT2D eigenvalue weighted by Gasteiger charge is -2.26. The van der Waals surface area contributed by atoms with Gasteiger partial charge in [-0.3, -0.25) is 0 Å². The number of halogens is 1. The Morgan fingerprint density at radius 1 is 1.24 bits per heavy atom. The average Bonchev–Trinajstić information content (AvgIpc) is 2.30. The summed E-state index contributed by atoms with van der Waals surface area (Å²) in [5.74, 6) is -0.756. The van der Waals surface area contributed by atoms with Gasteiger partial charge in [0.15, 0.2) is 0 Å². The van der Waals surface area contributed by atoms with Crippen molar-refractivity contribution in [1.82, 2.24) is 9.84 Å². The number of nitrogens with one attached hydrogen (secondary N) is 1. The van der Waals surface area contributed by atoms with Crippen molar-refractivity contribution in [3.05, 3.63) is 30.1 Å². The molecule has 0 unspecified atom stereocenters. The monoisotopic (exact) mass is 260 g/mol. The van der Waals surface area contributed by atoms with E-state index in [1.54, 1.807) is 0 Å². The molecule has 17 heavy (non-hydrogen) atoms. The lowest BCUT2D eigenvalue weighted by atomic mass is 10.4. The molecule has 0 saturated carbocycles. The number of rotatable bonds is 3. The van der Waals surface area contributed by atoms with Crippen LogP contribution < -0.4 is 4.83 Å². The number of morpholine rings is 1. The highest BCUT2D eigenvalue weighted by atomic mass is 32.2. The molecule has 7 heteroatoms. The summed E-state index contributed by atoms with van der Waals surface area (Å²) in [4.78, 5) is 2.00. The van der Waals surface area contributed by atoms with Crippen LogP contribution in [-0.2, 0) is 14.8 Å². The summed E-state index contributed by atoms with van der Waals surface area (Å²) in [6, 6.07) is 5.28. The molecular weight excluding hydrogens is 247 g/mol. The van der Waals surface area contributed by atoms with Gasteiger partial charge in [0, 0.05) is 13.1 Å². The van der Waals surface area contributed by atoms with Crippen LogP contribution in [0.15, 0.2) is 29.2 Å². The molecule has 1 heterocycles. The lowest BCUT2D eigenvalue weighted by Crippen LogP contribution is -2.48. The fourth-order valence-corrected chi connectivity index (χ4v) is 2.74. The summed E-state index contributed by atoms with van der Waals surface area (Å²) in [6.07, 6.45) is 0. The van der Waals surface area contributed by atoms with Gasteiger partial charge in [-0.2, -0.15) is 0 Å². The number of nitrogens with zero attached hydrogens (tertiary/aromatic N) is 1. The predicted molar refractivity (Wildman–Crippen MR) is 59.1 cm³/mol. The molecule has 0 radical (unpaired) electrons. The zero-order valence-electron chi connectivity index (χ0n) is 9.10. The van der Waals surface area contributed by atoms with Crippen LogP contribution in [-0.4, -0.2) is 39.7 Å². The third kappa shape index (κ3) is 3.01. The molecule has 0 aromatic heterocycles. The minimum Gasteiger partial charge on any atom is -0.379 e. The van der Waals surface area contributed by atoms with Gasteiger partial charge in [-0.15, -0.1) is 4.83 Å². The maximum atomic E-state index is 13.4. The molecule has 1 aromatic rings. The SMILES string of the molecule is O=S(=O)(NN1CCOCC1)c1ccccc1F. The second-order valence-corrected chi connectivity index (χ2v) is 5.25. The molecule has 1 aliphatic heterocycles. The van der Waals surface area contributed by atoms with Gasteiger partial charge < -0.3 is 4.74 Å². The number of hydrogen-bond acceptors (Lipinski definition) is 4. The molecule has 1 aliphatic rings. The van der Waals surface area contributed by atoms with E-state index < -0.39 is 15.8 Å². The molecule has 1 fully saturated rings. The summed E-state index contributed by atoms with van der Waals surface area (Å²) in [7, 11) is -3.85. The smallest absolute Gasteiger partial charge is 0.256 e. The van der Waals surface area contributed by atoms with Crippen molar-refractivity contribution >= 4 is 10.0 Å². The van der Waals surface area contributed by atoms with E-state index in [1.165, 1.54) is 23.2 Å². The van der Waals surface area contributed by atoms with Gasteiger partial charge in [0.05, 0.1) is 13.2 Å². The maximum Gasteiger partial charge on any atom is 0.256 e. The number of ether oxygens (including phenoxy) is 1. The molecule has 2 rings (SSSR count). The third-order valence-corrected chi connectivity index (χ3v) is 3.80. The Morgan fingerprint density at radius 3 is 2.53 bits per heavy atom. The first-order valence-electron chi connectivity index (χ1n) is 5.19. The van der Waals surface area contributed by atoms with E-state index in [4.69, 9.17) is 4.74 Å². The highest BCUT2D eigenvalue weighted by Crippen LogP contribution is 2.13. The largest absolute Gasteiger partial charge is 0.379 e. The van der Waals surface area contributed by atoms with E-state index in [2.05, 4.69) is 4.83 Å². The van der Waals surface area contributed by atoms with Crippen LogP contribution in [0.2, 0.25) is 0 Å². The highest BCUT2D eigenvalue weighted by molar-refractivity contribution is 7.89. The first-order valence-corrected chi connectivity index (χ1v) is 6.67. The Bertz CT molecular complexity index is 486. The van der Waals surface area contributed by atoms with Gasteiger partial charge >= 0.3 is 0 Å². The van der Waals surface area contributed by atoms with Crippen LogP contribution in [0.1, 0.15) is 0 Å². The van der Waals surface area contributed by atoms with Crippen molar-refractivity contribution < 1.29 is 17.5 Å². The topological polar surface area (TPSA) is 58.6 Å². The maximum absolute atomic E-state index is 13.4. The molecule has 0 atom stereocenters. The first-order chi connectivity index (χ1) is 8.09. The van der Waals surface area contributed by atoms with Gasteiger partial charge in [0.1, 0.15) is 10.7 Å². The van der Waals surface area contributed by atoms with Gasteiger partial charge in [-0.1, -0.05) is 12.1 Å². The van der Waals surface area contributed by atoms with E-state index in [1.807, 2.05) is 0 Å². The minimum absolute atomic E-state index is 0.341. The zero-order valence-corrected chi connectivity index (χ0v) is 9.91. The number of hydrogen-bond donors (Lipinski definition) is 1. The summed E-state index contributed by atoms with van der Waals surface area (Å²) in [5.41, 5.74) is 0. The molecule has 1 N–H and O–H groups in total. The Balaban J connectivity index is 2.16. The van der Waals surface area contributed by atoms with Crippen molar-refractivity contribution in [3.63, 3.8) is 0 Å². The lowest BCUT2D eigenvalue weighted by molar-refractivity contribution is 0.0272. The minimum atomic E-state index is -3.85. The average molecular weight is 260 g/mol. The molecule has 0 aliphatic carbocycles. The summed E-state index contributed by atoms with van der Waals surface area (Å²) in [6.45, 7) is 1.82. The number of sulfonamides is 1. The normalized spacial score (nSPS) is 18.2. The van der Waals surface area contributed by atoms with Crippen molar-refractivity contribution in [2.75, 3.05) is 26.3 Å². The molecule has 1 saturated heterocycles. The van der Waals surface area contributed by atoms with Crippen LogP contribution in [0.5, 0.6) is 0 Å². The van der Waals surface area contributed by atoms with E-state index in [0.717, 1.165) is 6.07 Å². The second-order valence-electron chi connectivity index (χ2n) is 3.62. The summed E-state index contributed by atoms with van der Waals surface area (Å²) < 4.78 is 42.2. The molecular formula is C10H13FN2O3S. The van der Waals surface area contributed by atoms with E-state index in [9.17, 15) is 12.8 Å². The van der Waals surface area contributed by atoms with Crippen molar-refractivity contribution in [2.45, 2.75) is 4.90 Å². The second kappa shape index (κ2) is 5.09. The quantitative estimate of drug-likeness (QED) is 0.852. The molecule has 0 amide bonds. The fourth-order valence-electron chi connectivity index (χ4n) is 1.54. The van der Waals surface area contributed by atoms with Gasteiger partial charge in [-0.25, -0.2) is 17.8 Å². The predicted octanol–water partition coefficient (Wildman–Crippen LogP) is 0.351. The number of hydrazine groups is 1. The van der Waals surface area contributed by atoms with Gasteiger partial charge in [0.25, 0.3) is 10.0 Å². The van der Waals surface area contributed by atoms with Crippen molar-refractivity contribution in [2.24, 2.45) is 0 Å². The Morgan fingerprint density at radius 2 is 1.88 bits per heavy atom. The van der Waals surface area contributed by atoms with Gasteiger partial charge in [-0.05, 0) is 12.1 Å². The van der Waals surface area contributed by atoms with Crippen molar-refractivity contribution in [3.8, 4) is 0 Å². The third-order valence-electron chi connectivity index (χ3n) is 2.39. The van der Waals surface area contributed by atoms with E-state index >= 15 is 0 Å². The standard InChI is InChI=1S/C10H13FN2O3S/c11-9-3-1-2-4-10(9)17(14,15)12-13-5-7-16-8-6-13/h1-4,12H,5-8H2. The van der Waals surface area contributed by atoms with Crippen LogP contribution in [0.3, 0.4) is 0 Å². The first kappa shape index (κ1) is 12.4. The van der Waals surface area contributed by atoms with Crippen LogP contribution in [0, 0.1) is 5.82 Å². The molecule has 0 bridgehead atoms. The molecule has 0 spiro atoms. The Labute approximate surface area is 99.2 Å². The zero-order chi connectivity index (χ0) is 12.3. The van der Waals surface area contributed by atoms with Gasteiger partial charge in [0.2, 0.25) is 0 Å². The molecule has 5 nitrogen and oxygen atoms in total. The Hall–Kier alpha value is -1.02. The number of benzene rings is 1. The van der Waals surface area contributed by atoms with Crippen LogP contribution >= 0.6 is 0 Å². The summed E-state index contributed by atoms with van der Waals surface area (Å²) >= 11 is 0. The van der Waals surface area contributed by atoms with E-state index in [-0.39, 0.29) is 4.90 Å². The van der Waals surface area contributed by atoms with Crippen molar-refractivity contribution in [1.29, 1.82) is 0 Å². The fraction of sp³-hybridized carbons (Fsp3) is 0.400. The summed E-state index contributed by atoms with van der Waals surface area (Å²) in [5, 5.41) is 1.51. The molecule has 1 aromatic carbocycles. The van der Waals surface area contributed by atoms with Crippen LogP contribution in [0.4, 0.5) is 4.39 Å². The Kier molecular flexibility index (Phi) is 3.72. The van der Waals surface area contributed by atoms with Crippen LogP contribution in [0.25, 0.3) is 0 Å². The highest BCUT2D eigenvalue weighted by Gasteiger charge is 2.22. The molecule has 94 valence electrons. The van der Waals surface area contributed by atoms with E-state index in [0.29, 0.717) is 26.3 Å².